The summed E-state index contributed by atoms with van der Waals surface area (Å²) in [6.45, 7) is 1.73. The number of hydrogen-bond donors (Lipinski definition) is 2. The number of aryl methyl sites for hydroxylation is 1. The second-order valence-corrected chi connectivity index (χ2v) is 8.33. The van der Waals surface area contributed by atoms with E-state index in [0.29, 0.717) is 6.07 Å². The van der Waals surface area contributed by atoms with Gasteiger partial charge in [-0.15, -0.1) is 0 Å². The van der Waals surface area contributed by atoms with E-state index in [1.807, 2.05) is 0 Å². The monoisotopic (exact) mass is 452 g/mol. The van der Waals surface area contributed by atoms with Gasteiger partial charge in [0.2, 0.25) is 0 Å². The van der Waals surface area contributed by atoms with Crippen LogP contribution in [-0.2, 0) is 16.2 Å². The first kappa shape index (κ1) is 22.3. The number of nitrogens with one attached hydrogen (secondary N) is 2. The zero-order valence-electron chi connectivity index (χ0n) is 16.0. The Morgan fingerprint density at radius 3 is 2.26 bits per heavy atom. The van der Waals surface area contributed by atoms with Crippen LogP contribution in [-0.4, -0.2) is 14.3 Å². The van der Waals surface area contributed by atoms with Crippen LogP contribution in [0, 0.1) is 12.7 Å². The first-order chi connectivity index (χ1) is 14.5. The van der Waals surface area contributed by atoms with E-state index in [1.165, 1.54) is 30.3 Å². The van der Waals surface area contributed by atoms with Gasteiger partial charge in [0.05, 0.1) is 16.1 Å². The topological polar surface area (TPSA) is 75.3 Å². The zero-order valence-corrected chi connectivity index (χ0v) is 16.8. The number of carbonyl (C=O) groups is 1. The number of rotatable bonds is 5. The van der Waals surface area contributed by atoms with Crippen molar-refractivity contribution in [1.29, 1.82) is 0 Å². The summed E-state index contributed by atoms with van der Waals surface area (Å²) in [5.41, 5.74) is -0.472. The Labute approximate surface area is 175 Å². The molecule has 5 nitrogen and oxygen atoms in total. The Morgan fingerprint density at radius 2 is 1.61 bits per heavy atom. The molecule has 1 amide bonds. The highest BCUT2D eigenvalue weighted by Crippen LogP contribution is 2.31. The smallest absolute Gasteiger partial charge is 0.319 e. The highest BCUT2D eigenvalue weighted by molar-refractivity contribution is 7.92. The summed E-state index contributed by atoms with van der Waals surface area (Å²) in [5.74, 6) is -1.28. The molecule has 10 heteroatoms. The fourth-order valence-electron chi connectivity index (χ4n) is 2.69. The number of anilines is 2. The van der Waals surface area contributed by atoms with Crippen molar-refractivity contribution < 1.29 is 30.8 Å². The minimum Gasteiger partial charge on any atom is -0.319 e. The van der Waals surface area contributed by atoms with Crippen LogP contribution in [0.25, 0.3) is 0 Å². The van der Waals surface area contributed by atoms with E-state index in [9.17, 15) is 30.8 Å². The maximum atomic E-state index is 13.8. The third-order valence-corrected chi connectivity index (χ3v) is 5.64. The third-order valence-electron chi connectivity index (χ3n) is 4.24. The number of carbonyl (C=O) groups excluding carboxylic acids is 1. The standard InChI is InChI=1S/C21H16F4N2O3S/c1-13-5-10-18(22)19(11-13)26-20(28)14-6-8-17(9-7-14)31(29,30)27-16-4-2-3-15(12-16)21(23,24)25/h2-12,27H,1H3,(H,26,28). The average Bonchev–Trinajstić information content (AvgIpc) is 2.70. The fourth-order valence-corrected chi connectivity index (χ4v) is 3.74. The van der Waals surface area contributed by atoms with Crippen LogP contribution in [0.2, 0.25) is 0 Å². The van der Waals surface area contributed by atoms with Gasteiger partial charge in [0, 0.05) is 11.3 Å². The van der Waals surface area contributed by atoms with Crippen molar-refractivity contribution in [2.45, 2.75) is 18.0 Å². The molecule has 0 bridgehead atoms. The molecule has 0 unspecified atom stereocenters. The Morgan fingerprint density at radius 1 is 0.935 bits per heavy atom. The minimum atomic E-state index is -4.62. The van der Waals surface area contributed by atoms with E-state index in [4.69, 9.17) is 0 Å². The number of alkyl halides is 3. The number of hydrogen-bond acceptors (Lipinski definition) is 3. The second-order valence-electron chi connectivity index (χ2n) is 6.65. The molecule has 0 aliphatic heterocycles. The molecule has 3 aromatic rings. The summed E-state index contributed by atoms with van der Waals surface area (Å²) in [6, 6.07) is 12.6. The number of sulfonamides is 1. The molecular weight excluding hydrogens is 436 g/mol. The van der Waals surface area contributed by atoms with Crippen LogP contribution in [0.5, 0.6) is 0 Å². The van der Waals surface area contributed by atoms with Crippen molar-refractivity contribution in [2.24, 2.45) is 0 Å². The molecule has 162 valence electrons. The van der Waals surface area contributed by atoms with Crippen LogP contribution in [0.15, 0.2) is 71.6 Å². The van der Waals surface area contributed by atoms with Gasteiger partial charge < -0.3 is 5.32 Å². The summed E-state index contributed by atoms with van der Waals surface area (Å²) in [6.07, 6.45) is -4.62. The van der Waals surface area contributed by atoms with Crippen molar-refractivity contribution in [3.63, 3.8) is 0 Å². The highest BCUT2D eigenvalue weighted by atomic mass is 32.2. The first-order valence-electron chi connectivity index (χ1n) is 8.83. The van der Waals surface area contributed by atoms with E-state index in [-0.39, 0.29) is 21.8 Å². The van der Waals surface area contributed by atoms with Crippen molar-refractivity contribution in [2.75, 3.05) is 10.0 Å². The van der Waals surface area contributed by atoms with Gasteiger partial charge in [-0.3, -0.25) is 9.52 Å². The minimum absolute atomic E-state index is 0.0205. The van der Waals surface area contributed by atoms with E-state index in [0.717, 1.165) is 29.8 Å². The molecule has 0 aliphatic carbocycles. The summed E-state index contributed by atoms with van der Waals surface area (Å²) in [4.78, 5) is 12.1. The average molecular weight is 452 g/mol. The Kier molecular flexibility index (Phi) is 6.03. The Hall–Kier alpha value is -3.40. The SMILES string of the molecule is Cc1ccc(F)c(NC(=O)c2ccc(S(=O)(=O)Nc3cccc(C(F)(F)F)c3)cc2)c1. The van der Waals surface area contributed by atoms with Crippen molar-refractivity contribution in [1.82, 2.24) is 0 Å². The third kappa shape index (κ3) is 5.40. The predicted molar refractivity (Wildman–Crippen MR) is 108 cm³/mol. The fraction of sp³-hybridized carbons (Fsp3) is 0.0952. The van der Waals surface area contributed by atoms with Crippen LogP contribution >= 0.6 is 0 Å². The summed E-state index contributed by atoms with van der Waals surface area (Å²) in [7, 11) is -4.20. The molecule has 0 atom stereocenters. The molecule has 0 saturated heterocycles. The highest BCUT2D eigenvalue weighted by Gasteiger charge is 2.30. The molecular formula is C21H16F4N2O3S. The van der Waals surface area contributed by atoms with Crippen molar-refractivity contribution in [3.05, 3.63) is 89.2 Å². The molecule has 2 N–H and O–H groups in total. The number of benzene rings is 3. The molecule has 0 fully saturated rings. The molecule has 3 aromatic carbocycles. The number of amides is 1. The molecule has 0 radical (unpaired) electrons. The second kappa shape index (κ2) is 8.38. The van der Waals surface area contributed by atoms with Gasteiger partial charge in [-0.2, -0.15) is 13.2 Å². The lowest BCUT2D eigenvalue weighted by molar-refractivity contribution is -0.137. The lowest BCUT2D eigenvalue weighted by Gasteiger charge is -2.12. The normalized spacial score (nSPS) is 11.8. The van der Waals surface area contributed by atoms with Gasteiger partial charge in [0.1, 0.15) is 5.82 Å². The van der Waals surface area contributed by atoms with Crippen LogP contribution < -0.4 is 10.0 Å². The Balaban J connectivity index is 1.77. The number of halogens is 4. The summed E-state index contributed by atoms with van der Waals surface area (Å²) < 4.78 is 79.2. The molecule has 3 rings (SSSR count). The van der Waals surface area contributed by atoms with Gasteiger partial charge in [-0.1, -0.05) is 12.1 Å². The zero-order chi connectivity index (χ0) is 22.8. The molecule has 0 spiro atoms. The van der Waals surface area contributed by atoms with Crippen molar-refractivity contribution >= 4 is 27.3 Å². The lowest BCUT2D eigenvalue weighted by Crippen LogP contribution is -2.16. The van der Waals surface area contributed by atoms with E-state index < -0.39 is 33.5 Å². The van der Waals surface area contributed by atoms with Gasteiger partial charge in [-0.25, -0.2) is 12.8 Å². The van der Waals surface area contributed by atoms with Crippen LogP contribution in [0.3, 0.4) is 0 Å². The molecule has 0 aliphatic rings. The summed E-state index contributed by atoms with van der Waals surface area (Å²) >= 11 is 0. The lowest BCUT2D eigenvalue weighted by atomic mass is 10.2. The predicted octanol–water partition coefficient (Wildman–Crippen LogP) is 5.21. The van der Waals surface area contributed by atoms with E-state index >= 15 is 0 Å². The van der Waals surface area contributed by atoms with E-state index in [2.05, 4.69) is 10.0 Å². The maximum Gasteiger partial charge on any atom is 0.416 e. The Bertz CT molecular complexity index is 1220. The largest absolute Gasteiger partial charge is 0.416 e. The first-order valence-corrected chi connectivity index (χ1v) is 10.3. The summed E-state index contributed by atoms with van der Waals surface area (Å²) in [5, 5.41) is 2.40. The molecule has 0 aromatic heterocycles. The molecule has 0 heterocycles. The maximum absolute atomic E-state index is 13.8. The van der Waals surface area contributed by atoms with Gasteiger partial charge in [0.25, 0.3) is 15.9 Å². The van der Waals surface area contributed by atoms with Crippen LogP contribution in [0.1, 0.15) is 21.5 Å². The molecule has 31 heavy (non-hydrogen) atoms. The van der Waals surface area contributed by atoms with Gasteiger partial charge >= 0.3 is 6.18 Å². The van der Waals surface area contributed by atoms with Crippen LogP contribution in [0.4, 0.5) is 28.9 Å². The van der Waals surface area contributed by atoms with Crippen molar-refractivity contribution in [3.8, 4) is 0 Å². The quantitative estimate of drug-likeness (QED) is 0.522. The van der Waals surface area contributed by atoms with Gasteiger partial charge in [0.15, 0.2) is 0 Å². The van der Waals surface area contributed by atoms with E-state index in [1.54, 1.807) is 13.0 Å². The molecule has 0 saturated carbocycles. The van der Waals surface area contributed by atoms with Gasteiger partial charge in [-0.05, 0) is 67.1 Å².